The highest BCUT2D eigenvalue weighted by molar-refractivity contribution is 5.46. The van der Waals surface area contributed by atoms with Crippen molar-refractivity contribution in [3.63, 3.8) is 0 Å². The molecule has 2 rings (SSSR count). The second-order valence-corrected chi connectivity index (χ2v) is 6.38. The molecule has 0 heteroatoms. The molecule has 1 unspecified atom stereocenters. The van der Waals surface area contributed by atoms with Gasteiger partial charge in [0.15, 0.2) is 0 Å². The minimum absolute atomic E-state index is 0.391. The molecule has 0 amide bonds. The Morgan fingerprint density at radius 3 is 2.41 bits per heavy atom. The number of allylic oxidation sites excluding steroid dienone is 4. The molecule has 22 heavy (non-hydrogen) atoms. The number of rotatable bonds is 6. The summed E-state index contributed by atoms with van der Waals surface area (Å²) >= 11 is 0. The Kier molecular flexibility index (Phi) is 6.53. The molecule has 0 aromatic heterocycles. The maximum Gasteiger partial charge on any atom is 0.0249 e. The smallest absolute Gasteiger partial charge is 0.0249 e. The average molecular weight is 292 g/mol. The number of hydrogen-bond donors (Lipinski definition) is 0. The Morgan fingerprint density at radius 2 is 1.77 bits per heavy atom. The van der Waals surface area contributed by atoms with Gasteiger partial charge >= 0.3 is 0 Å². The van der Waals surface area contributed by atoms with Crippen LogP contribution in [0.25, 0.3) is 0 Å². The van der Waals surface area contributed by atoms with Gasteiger partial charge in [-0.2, -0.15) is 0 Å². The monoisotopic (exact) mass is 292 g/mol. The van der Waals surface area contributed by atoms with Crippen molar-refractivity contribution in [2.45, 2.75) is 58.8 Å². The zero-order valence-electron chi connectivity index (χ0n) is 14.1. The molecule has 0 nitrogen and oxygen atoms in total. The maximum absolute atomic E-state index is 3.31. The molecule has 0 heterocycles. The summed E-state index contributed by atoms with van der Waals surface area (Å²) in [4.78, 5) is 0. The van der Waals surface area contributed by atoms with Crippen LogP contribution in [-0.2, 0) is 0 Å². The zero-order valence-corrected chi connectivity index (χ0v) is 14.1. The molecule has 1 aromatic rings. The molecule has 0 bridgehead atoms. The lowest BCUT2D eigenvalue weighted by Gasteiger charge is -2.32. The van der Waals surface area contributed by atoms with E-state index in [1.807, 2.05) is 18.2 Å². The highest BCUT2D eigenvalue weighted by atomic mass is 14.3. The van der Waals surface area contributed by atoms with Crippen LogP contribution in [0.5, 0.6) is 0 Å². The number of benzene rings is 1. The van der Waals surface area contributed by atoms with E-state index in [0.29, 0.717) is 5.41 Å². The Balaban J connectivity index is 2.01. The van der Waals surface area contributed by atoms with Gasteiger partial charge in [-0.1, -0.05) is 87.8 Å². The largest absolute Gasteiger partial charge is 0.0768 e. The molecular weight excluding hydrogens is 264 g/mol. The number of unbranched alkanes of at least 4 members (excludes halogenated alkanes) is 2. The predicted octanol–water partition coefficient (Wildman–Crippen LogP) is 6.29. The minimum atomic E-state index is 0.391. The Bertz CT molecular complexity index is 565. The van der Waals surface area contributed by atoms with E-state index in [4.69, 9.17) is 0 Å². The van der Waals surface area contributed by atoms with Crippen molar-refractivity contribution in [2.75, 3.05) is 0 Å². The molecule has 0 saturated heterocycles. The summed E-state index contributed by atoms with van der Waals surface area (Å²) in [6.07, 6.45) is 16.1. The van der Waals surface area contributed by atoms with Crippen molar-refractivity contribution in [1.82, 2.24) is 0 Å². The predicted molar refractivity (Wildman–Crippen MR) is 96.6 cm³/mol. The van der Waals surface area contributed by atoms with E-state index in [2.05, 4.69) is 56.0 Å². The number of hydrogen-bond acceptors (Lipinski definition) is 0. The average Bonchev–Trinajstić information content (AvgIpc) is 2.56. The maximum atomic E-state index is 3.31. The topological polar surface area (TPSA) is 0 Å². The summed E-state index contributed by atoms with van der Waals surface area (Å²) in [6, 6.07) is 10.2. The quantitative estimate of drug-likeness (QED) is 0.427. The van der Waals surface area contributed by atoms with E-state index in [0.717, 1.165) is 12.0 Å². The van der Waals surface area contributed by atoms with Crippen molar-refractivity contribution >= 4 is 0 Å². The van der Waals surface area contributed by atoms with E-state index in [-0.39, 0.29) is 0 Å². The van der Waals surface area contributed by atoms with Crippen LogP contribution in [0.3, 0.4) is 0 Å². The van der Waals surface area contributed by atoms with E-state index in [9.17, 15) is 0 Å². The van der Waals surface area contributed by atoms with Gasteiger partial charge in [0.1, 0.15) is 0 Å². The van der Waals surface area contributed by atoms with Crippen molar-refractivity contribution in [2.24, 2.45) is 5.41 Å². The zero-order chi connectivity index (χ0) is 15.7. The summed E-state index contributed by atoms with van der Waals surface area (Å²) in [5.74, 6) is 6.57. The molecule has 0 spiro atoms. The van der Waals surface area contributed by atoms with Gasteiger partial charge in [0.05, 0.1) is 0 Å². The first kappa shape index (κ1) is 16.6. The molecule has 1 aromatic carbocycles. The van der Waals surface area contributed by atoms with Crippen LogP contribution >= 0.6 is 0 Å². The Morgan fingerprint density at radius 1 is 0.955 bits per heavy atom. The normalized spacial score (nSPS) is 20.2. The van der Waals surface area contributed by atoms with E-state index in [1.54, 1.807) is 0 Å². The van der Waals surface area contributed by atoms with Gasteiger partial charge in [-0.05, 0) is 36.8 Å². The molecule has 1 aliphatic carbocycles. The van der Waals surface area contributed by atoms with Crippen LogP contribution in [0.15, 0.2) is 54.1 Å². The van der Waals surface area contributed by atoms with E-state index < -0.39 is 0 Å². The minimum Gasteiger partial charge on any atom is -0.0768 e. The van der Waals surface area contributed by atoms with Crippen LogP contribution in [0.4, 0.5) is 0 Å². The van der Waals surface area contributed by atoms with Crippen LogP contribution < -0.4 is 0 Å². The van der Waals surface area contributed by atoms with Gasteiger partial charge in [0, 0.05) is 11.1 Å². The Hall–Kier alpha value is -1.74. The van der Waals surface area contributed by atoms with Crippen molar-refractivity contribution in [3.8, 4) is 11.8 Å². The molecular formula is C22H28. The molecule has 0 radical (unpaired) electrons. The molecule has 1 atom stereocenters. The van der Waals surface area contributed by atoms with Gasteiger partial charge in [0.2, 0.25) is 0 Å². The molecule has 0 aliphatic heterocycles. The van der Waals surface area contributed by atoms with Crippen LogP contribution in [0, 0.1) is 17.3 Å². The first-order valence-corrected chi connectivity index (χ1v) is 8.74. The molecule has 1 aliphatic rings. The van der Waals surface area contributed by atoms with Crippen molar-refractivity contribution in [1.29, 1.82) is 0 Å². The summed E-state index contributed by atoms with van der Waals surface area (Å²) in [5.41, 5.74) is 2.65. The Labute approximate surface area is 136 Å². The van der Waals surface area contributed by atoms with Crippen LogP contribution in [-0.4, -0.2) is 0 Å². The van der Waals surface area contributed by atoms with Crippen molar-refractivity contribution in [3.05, 3.63) is 59.7 Å². The van der Waals surface area contributed by atoms with E-state index in [1.165, 1.54) is 44.1 Å². The van der Waals surface area contributed by atoms with Gasteiger partial charge in [-0.3, -0.25) is 0 Å². The van der Waals surface area contributed by atoms with Gasteiger partial charge < -0.3 is 0 Å². The molecule has 116 valence electrons. The van der Waals surface area contributed by atoms with Crippen molar-refractivity contribution < 1.29 is 0 Å². The third kappa shape index (κ3) is 4.92. The van der Waals surface area contributed by atoms with Gasteiger partial charge in [0.25, 0.3) is 0 Å². The standard InChI is InChI=1S/C22H28/c1-3-5-9-17-22(16-4-2)18-14-21(15-19-22)13-12-20-10-7-6-8-11-20/h6-8,10-11,14-15,18H,3-5,9,16-17,19H2,1-2H3. The fourth-order valence-electron chi connectivity index (χ4n) is 3.20. The second kappa shape index (κ2) is 8.64. The third-order valence-corrected chi connectivity index (χ3v) is 4.50. The van der Waals surface area contributed by atoms with Crippen LogP contribution in [0.1, 0.15) is 64.4 Å². The van der Waals surface area contributed by atoms with Gasteiger partial charge in [-0.25, -0.2) is 0 Å². The summed E-state index contributed by atoms with van der Waals surface area (Å²) < 4.78 is 0. The molecule has 0 N–H and O–H groups in total. The highest BCUT2D eigenvalue weighted by Crippen LogP contribution is 2.39. The molecule has 0 saturated carbocycles. The SMILES string of the molecule is CCCCCC1(CCC)C=CC(C#Cc2ccccc2)=CC1. The summed E-state index contributed by atoms with van der Waals surface area (Å²) in [7, 11) is 0. The second-order valence-electron chi connectivity index (χ2n) is 6.38. The fraction of sp³-hybridized carbons (Fsp3) is 0.455. The highest BCUT2D eigenvalue weighted by Gasteiger charge is 2.26. The third-order valence-electron chi connectivity index (χ3n) is 4.50. The molecule has 0 fully saturated rings. The van der Waals surface area contributed by atoms with Gasteiger partial charge in [-0.15, -0.1) is 0 Å². The lowest BCUT2D eigenvalue weighted by molar-refractivity contribution is 0.307. The summed E-state index contributed by atoms with van der Waals surface area (Å²) in [5, 5.41) is 0. The first-order valence-electron chi connectivity index (χ1n) is 8.74. The lowest BCUT2D eigenvalue weighted by Crippen LogP contribution is -2.19. The van der Waals surface area contributed by atoms with E-state index >= 15 is 0 Å². The fourth-order valence-corrected chi connectivity index (χ4v) is 3.20. The first-order chi connectivity index (χ1) is 10.8. The lowest BCUT2D eigenvalue weighted by atomic mass is 9.73. The summed E-state index contributed by atoms with van der Waals surface area (Å²) in [6.45, 7) is 4.57. The van der Waals surface area contributed by atoms with Crippen LogP contribution in [0.2, 0.25) is 0 Å².